The smallest absolute Gasteiger partial charge is 0.247 e. The van der Waals surface area contributed by atoms with Crippen LogP contribution in [-0.2, 0) is 4.74 Å². The van der Waals surface area contributed by atoms with E-state index in [2.05, 4.69) is 17.0 Å². The van der Waals surface area contributed by atoms with E-state index in [1.165, 1.54) is 0 Å². The Kier molecular flexibility index (Phi) is 4.49. The zero-order valence-electron chi connectivity index (χ0n) is 3.88. The van der Waals surface area contributed by atoms with E-state index >= 15 is 0 Å². The van der Waals surface area contributed by atoms with Crippen molar-refractivity contribution in [3.05, 3.63) is 0 Å². The highest BCUT2D eigenvalue weighted by Crippen LogP contribution is 1.96. The molecule has 2 nitrogen and oxygen atoms in total. The molecular formula is C3H6O2S2. The standard InChI is InChI=1S/C3H6O2S2/c1-2-5-3(6)7-4/h4H,2H2,1H3. The van der Waals surface area contributed by atoms with Gasteiger partial charge in [0.15, 0.2) is 0 Å². The summed E-state index contributed by atoms with van der Waals surface area (Å²) in [6.45, 7) is 2.33. The van der Waals surface area contributed by atoms with Gasteiger partial charge < -0.3 is 9.29 Å². The molecule has 0 saturated carbocycles. The quantitative estimate of drug-likeness (QED) is 0.439. The Bertz CT molecular complexity index is 64.0. The lowest BCUT2D eigenvalue weighted by molar-refractivity contribution is 0.344. The maximum atomic E-state index is 8.12. The summed E-state index contributed by atoms with van der Waals surface area (Å²) in [4.78, 5) is 0. The molecule has 0 unspecified atom stereocenters. The van der Waals surface area contributed by atoms with Crippen LogP contribution in [0, 0.1) is 0 Å². The van der Waals surface area contributed by atoms with Crippen molar-refractivity contribution in [2.24, 2.45) is 0 Å². The minimum absolute atomic E-state index is 0.183. The first-order valence-electron chi connectivity index (χ1n) is 1.79. The van der Waals surface area contributed by atoms with E-state index in [9.17, 15) is 0 Å². The predicted molar refractivity (Wildman–Crippen MR) is 34.4 cm³/mol. The summed E-state index contributed by atoms with van der Waals surface area (Å²) >= 11 is 4.90. The molecule has 7 heavy (non-hydrogen) atoms. The van der Waals surface area contributed by atoms with Crippen LogP contribution in [0.25, 0.3) is 0 Å². The summed E-state index contributed by atoms with van der Waals surface area (Å²) in [6, 6.07) is 0. The largest absolute Gasteiger partial charge is 0.477 e. The zero-order chi connectivity index (χ0) is 5.70. The molecule has 0 amide bonds. The minimum atomic E-state index is 0.183. The van der Waals surface area contributed by atoms with Crippen LogP contribution < -0.4 is 0 Å². The predicted octanol–water partition coefficient (Wildman–Crippen LogP) is 1.51. The van der Waals surface area contributed by atoms with Gasteiger partial charge in [0, 0.05) is 0 Å². The van der Waals surface area contributed by atoms with Gasteiger partial charge in [-0.1, -0.05) is 0 Å². The highest BCUT2D eigenvalue weighted by molar-refractivity contribution is 8.18. The van der Waals surface area contributed by atoms with Crippen molar-refractivity contribution in [3.63, 3.8) is 0 Å². The third-order valence-electron chi connectivity index (χ3n) is 0.337. The molecule has 0 aliphatic rings. The molecule has 0 fully saturated rings. The Morgan fingerprint density at radius 1 is 2.00 bits per heavy atom. The third kappa shape index (κ3) is 4.04. The Morgan fingerprint density at radius 2 is 2.57 bits per heavy atom. The maximum Gasteiger partial charge on any atom is 0.247 e. The van der Waals surface area contributed by atoms with E-state index in [4.69, 9.17) is 4.55 Å². The van der Waals surface area contributed by atoms with Crippen LogP contribution in [0.3, 0.4) is 0 Å². The van der Waals surface area contributed by atoms with E-state index in [1.54, 1.807) is 0 Å². The Hall–Kier alpha value is 0.200. The highest BCUT2D eigenvalue weighted by atomic mass is 32.2. The second-order valence-electron chi connectivity index (χ2n) is 0.774. The van der Waals surface area contributed by atoms with E-state index < -0.39 is 0 Å². The number of ether oxygens (including phenoxy) is 1. The fourth-order valence-corrected chi connectivity index (χ4v) is 0.433. The van der Waals surface area contributed by atoms with E-state index in [0.717, 1.165) is 0 Å². The number of hydrogen-bond donors (Lipinski definition) is 1. The van der Waals surface area contributed by atoms with E-state index in [0.29, 0.717) is 18.6 Å². The molecule has 0 aliphatic carbocycles. The number of thiocarbonyl (C=S) groups is 1. The molecule has 0 atom stereocenters. The fraction of sp³-hybridized carbons (Fsp3) is 0.667. The number of hydrogen-bond acceptors (Lipinski definition) is 4. The van der Waals surface area contributed by atoms with Gasteiger partial charge >= 0.3 is 0 Å². The monoisotopic (exact) mass is 138 g/mol. The van der Waals surface area contributed by atoms with E-state index in [1.807, 2.05) is 6.92 Å². The molecule has 0 heterocycles. The van der Waals surface area contributed by atoms with Gasteiger partial charge in [0.1, 0.15) is 0 Å². The summed E-state index contributed by atoms with van der Waals surface area (Å²) in [6.07, 6.45) is 0. The molecule has 0 aromatic rings. The molecule has 42 valence electrons. The average Bonchev–Trinajstić information content (AvgIpc) is 1.68. The molecular weight excluding hydrogens is 132 g/mol. The lowest BCUT2D eigenvalue weighted by atomic mass is 10.9. The SMILES string of the molecule is CCOC(=S)SO. The van der Waals surface area contributed by atoms with Crippen LogP contribution in [0.1, 0.15) is 6.92 Å². The van der Waals surface area contributed by atoms with Gasteiger partial charge in [0.25, 0.3) is 0 Å². The van der Waals surface area contributed by atoms with Gasteiger partial charge in [-0.05, 0) is 19.1 Å². The van der Waals surface area contributed by atoms with Gasteiger partial charge in [-0.15, -0.1) is 0 Å². The summed E-state index contributed by atoms with van der Waals surface area (Å²) in [5.41, 5.74) is 0. The molecule has 0 spiro atoms. The molecule has 0 bridgehead atoms. The highest BCUT2D eigenvalue weighted by Gasteiger charge is 1.89. The van der Waals surface area contributed by atoms with E-state index in [-0.39, 0.29) is 4.38 Å². The van der Waals surface area contributed by atoms with Crippen molar-refractivity contribution in [1.29, 1.82) is 0 Å². The molecule has 0 aromatic heterocycles. The summed E-state index contributed by atoms with van der Waals surface area (Å²) in [7, 11) is 0. The average molecular weight is 138 g/mol. The summed E-state index contributed by atoms with van der Waals surface area (Å²) < 4.78 is 12.9. The van der Waals surface area contributed by atoms with Gasteiger partial charge in [-0.25, -0.2) is 0 Å². The van der Waals surface area contributed by atoms with Crippen molar-refractivity contribution < 1.29 is 9.29 Å². The van der Waals surface area contributed by atoms with Crippen molar-refractivity contribution in [1.82, 2.24) is 0 Å². The van der Waals surface area contributed by atoms with Gasteiger partial charge in [-0.3, -0.25) is 0 Å². The minimum Gasteiger partial charge on any atom is -0.477 e. The normalized spacial score (nSPS) is 8.29. The second kappa shape index (κ2) is 4.36. The van der Waals surface area contributed by atoms with Crippen molar-refractivity contribution >= 4 is 28.6 Å². The van der Waals surface area contributed by atoms with Crippen molar-refractivity contribution in [2.75, 3.05) is 6.61 Å². The van der Waals surface area contributed by atoms with Crippen LogP contribution in [0.2, 0.25) is 0 Å². The summed E-state index contributed by atoms with van der Waals surface area (Å²) in [5, 5.41) is 0. The lowest BCUT2D eigenvalue weighted by Crippen LogP contribution is -1.93. The molecule has 0 rings (SSSR count). The second-order valence-corrected chi connectivity index (χ2v) is 1.96. The fourth-order valence-electron chi connectivity index (χ4n) is 0.144. The van der Waals surface area contributed by atoms with Crippen LogP contribution in [0.4, 0.5) is 0 Å². The molecule has 0 saturated heterocycles. The topological polar surface area (TPSA) is 29.5 Å². The van der Waals surface area contributed by atoms with Gasteiger partial charge in [0.05, 0.1) is 18.6 Å². The van der Waals surface area contributed by atoms with Crippen molar-refractivity contribution in [3.8, 4) is 0 Å². The first-order chi connectivity index (χ1) is 3.31. The molecule has 0 radical (unpaired) electrons. The van der Waals surface area contributed by atoms with Crippen LogP contribution in [-0.4, -0.2) is 15.5 Å². The Labute approximate surface area is 52.1 Å². The van der Waals surface area contributed by atoms with Crippen LogP contribution >= 0.6 is 24.3 Å². The summed E-state index contributed by atoms with van der Waals surface area (Å²) in [5.74, 6) is 0. The maximum absolute atomic E-state index is 8.12. The number of rotatable bonds is 1. The first-order valence-corrected chi connectivity index (χ1v) is 2.97. The van der Waals surface area contributed by atoms with Crippen molar-refractivity contribution in [2.45, 2.75) is 6.92 Å². The molecule has 0 aliphatic heterocycles. The van der Waals surface area contributed by atoms with Gasteiger partial charge in [0.2, 0.25) is 4.38 Å². The molecule has 0 aromatic carbocycles. The van der Waals surface area contributed by atoms with Gasteiger partial charge in [-0.2, -0.15) is 0 Å². The molecule has 1 N–H and O–H groups in total. The lowest BCUT2D eigenvalue weighted by Gasteiger charge is -1.95. The Balaban J connectivity index is 3.00. The van der Waals surface area contributed by atoms with Crippen LogP contribution in [0.5, 0.6) is 0 Å². The molecule has 4 heteroatoms. The van der Waals surface area contributed by atoms with Crippen LogP contribution in [0.15, 0.2) is 0 Å². The first kappa shape index (κ1) is 7.20. The third-order valence-corrected chi connectivity index (χ3v) is 0.945. The zero-order valence-corrected chi connectivity index (χ0v) is 5.51. The Morgan fingerprint density at radius 3 is 2.71 bits per heavy atom.